The van der Waals surface area contributed by atoms with Gasteiger partial charge in [0.05, 0.1) is 21.3 Å². The van der Waals surface area contributed by atoms with Crippen molar-refractivity contribution in [2.75, 3.05) is 26.6 Å². The monoisotopic (exact) mass is 288 g/mol. The molecule has 0 saturated heterocycles. The van der Waals surface area contributed by atoms with Crippen molar-refractivity contribution in [1.82, 2.24) is 4.98 Å². The summed E-state index contributed by atoms with van der Waals surface area (Å²) in [6.45, 7) is 0. The third-order valence-electron chi connectivity index (χ3n) is 2.83. The van der Waals surface area contributed by atoms with E-state index in [2.05, 4.69) is 10.3 Å². The van der Waals surface area contributed by atoms with Gasteiger partial charge >= 0.3 is 5.97 Å². The maximum Gasteiger partial charge on any atom is 0.341 e. The summed E-state index contributed by atoms with van der Waals surface area (Å²) < 4.78 is 15.1. The molecular formula is C15H16N2O4. The molecule has 21 heavy (non-hydrogen) atoms. The average molecular weight is 288 g/mol. The summed E-state index contributed by atoms with van der Waals surface area (Å²) in [4.78, 5) is 15.9. The third kappa shape index (κ3) is 3.42. The molecule has 2 aromatic rings. The van der Waals surface area contributed by atoms with Crippen molar-refractivity contribution in [3.63, 3.8) is 0 Å². The van der Waals surface area contributed by atoms with Crippen LogP contribution >= 0.6 is 0 Å². The van der Waals surface area contributed by atoms with Gasteiger partial charge in [-0.05, 0) is 12.1 Å². The molecule has 0 spiro atoms. The lowest BCUT2D eigenvalue weighted by Crippen LogP contribution is -2.07. The normalized spacial score (nSPS) is 9.86. The maximum absolute atomic E-state index is 11.7. The molecule has 6 nitrogen and oxygen atoms in total. The third-order valence-corrected chi connectivity index (χ3v) is 2.83. The summed E-state index contributed by atoms with van der Waals surface area (Å²) in [5, 5.41) is 3.07. The van der Waals surface area contributed by atoms with Gasteiger partial charge in [-0.3, -0.25) is 0 Å². The first kappa shape index (κ1) is 14.6. The Morgan fingerprint density at radius 1 is 1.10 bits per heavy atom. The first-order chi connectivity index (χ1) is 10.2. The average Bonchev–Trinajstić information content (AvgIpc) is 2.54. The minimum atomic E-state index is -0.458. The highest BCUT2D eigenvalue weighted by molar-refractivity contribution is 5.95. The Bertz CT molecular complexity index is 621. The molecule has 0 radical (unpaired) electrons. The number of aromatic nitrogens is 1. The summed E-state index contributed by atoms with van der Waals surface area (Å²) >= 11 is 0. The molecule has 1 aromatic heterocycles. The first-order valence-electron chi connectivity index (χ1n) is 6.21. The Labute approximate surface area is 122 Å². The van der Waals surface area contributed by atoms with E-state index in [9.17, 15) is 4.79 Å². The molecule has 0 amide bonds. The van der Waals surface area contributed by atoms with E-state index >= 15 is 0 Å². The fourth-order valence-electron chi connectivity index (χ4n) is 1.80. The van der Waals surface area contributed by atoms with Gasteiger partial charge in [0.15, 0.2) is 0 Å². The molecule has 0 fully saturated rings. The Morgan fingerprint density at radius 3 is 2.33 bits per heavy atom. The van der Waals surface area contributed by atoms with Crippen LogP contribution in [0.3, 0.4) is 0 Å². The molecule has 0 bridgehead atoms. The van der Waals surface area contributed by atoms with Gasteiger partial charge in [-0.25, -0.2) is 9.78 Å². The van der Waals surface area contributed by atoms with E-state index in [1.54, 1.807) is 50.7 Å². The number of ether oxygens (including phenoxy) is 3. The molecule has 0 atom stereocenters. The largest absolute Gasteiger partial charge is 0.497 e. The number of benzene rings is 1. The van der Waals surface area contributed by atoms with E-state index in [0.717, 1.165) is 0 Å². The molecule has 1 heterocycles. The quantitative estimate of drug-likeness (QED) is 0.853. The van der Waals surface area contributed by atoms with Crippen molar-refractivity contribution in [1.29, 1.82) is 0 Å². The van der Waals surface area contributed by atoms with E-state index in [0.29, 0.717) is 28.6 Å². The van der Waals surface area contributed by atoms with Crippen molar-refractivity contribution in [2.45, 2.75) is 0 Å². The van der Waals surface area contributed by atoms with Gasteiger partial charge < -0.3 is 19.5 Å². The standard InChI is InChI=1S/C15H16N2O4/c1-19-11-7-10(8-12(9-11)20-2)17-14-13(15(18)21-3)5-4-6-16-14/h4-9H,1-3H3,(H,16,17). The maximum atomic E-state index is 11.7. The number of methoxy groups -OCH3 is 3. The highest BCUT2D eigenvalue weighted by atomic mass is 16.5. The fraction of sp³-hybridized carbons (Fsp3) is 0.200. The van der Waals surface area contributed by atoms with Crippen LogP contribution in [0.15, 0.2) is 36.5 Å². The topological polar surface area (TPSA) is 69.7 Å². The summed E-state index contributed by atoms with van der Waals surface area (Å²) in [5.74, 6) is 1.21. The molecule has 0 aliphatic heterocycles. The van der Waals surface area contributed by atoms with Gasteiger partial charge in [0.2, 0.25) is 0 Å². The van der Waals surface area contributed by atoms with E-state index in [1.165, 1.54) is 7.11 Å². The number of hydrogen-bond acceptors (Lipinski definition) is 6. The number of carbonyl (C=O) groups excluding carboxylic acids is 1. The summed E-state index contributed by atoms with van der Waals surface area (Å²) in [6, 6.07) is 8.61. The van der Waals surface area contributed by atoms with Crippen molar-refractivity contribution in [3.05, 3.63) is 42.1 Å². The van der Waals surface area contributed by atoms with Gasteiger partial charge in [-0.1, -0.05) is 0 Å². The minimum absolute atomic E-state index is 0.349. The second-order valence-corrected chi connectivity index (χ2v) is 4.12. The second kappa shape index (κ2) is 6.60. The van der Waals surface area contributed by atoms with Crippen LogP contribution < -0.4 is 14.8 Å². The van der Waals surface area contributed by atoms with Gasteiger partial charge in [0.1, 0.15) is 22.9 Å². The number of nitrogens with one attached hydrogen (secondary N) is 1. The number of carbonyl (C=O) groups is 1. The van der Waals surface area contributed by atoms with E-state index in [-0.39, 0.29) is 0 Å². The Hall–Kier alpha value is -2.76. The first-order valence-corrected chi connectivity index (χ1v) is 6.21. The predicted octanol–water partition coefficient (Wildman–Crippen LogP) is 2.63. The van der Waals surface area contributed by atoms with E-state index in [1.807, 2.05) is 0 Å². The molecule has 0 unspecified atom stereocenters. The molecule has 0 aliphatic rings. The zero-order valence-electron chi connectivity index (χ0n) is 12.0. The lowest BCUT2D eigenvalue weighted by atomic mass is 10.2. The zero-order chi connectivity index (χ0) is 15.2. The number of nitrogens with zero attached hydrogens (tertiary/aromatic N) is 1. The summed E-state index contributed by atoms with van der Waals surface area (Å²) in [5.41, 5.74) is 1.04. The van der Waals surface area contributed by atoms with Gasteiger partial charge in [0, 0.05) is 30.1 Å². The predicted molar refractivity (Wildman–Crippen MR) is 78.4 cm³/mol. The molecule has 110 valence electrons. The van der Waals surface area contributed by atoms with Crippen molar-refractivity contribution >= 4 is 17.5 Å². The smallest absolute Gasteiger partial charge is 0.341 e. The second-order valence-electron chi connectivity index (χ2n) is 4.12. The molecule has 6 heteroatoms. The highest BCUT2D eigenvalue weighted by Crippen LogP contribution is 2.28. The molecule has 0 aliphatic carbocycles. The molecule has 1 N–H and O–H groups in total. The van der Waals surface area contributed by atoms with Crippen molar-refractivity contribution in [3.8, 4) is 11.5 Å². The number of hydrogen-bond donors (Lipinski definition) is 1. The van der Waals surface area contributed by atoms with Crippen LogP contribution in [0.1, 0.15) is 10.4 Å². The molecular weight excluding hydrogens is 272 g/mol. The van der Waals surface area contributed by atoms with Crippen LogP contribution in [0, 0.1) is 0 Å². The number of esters is 1. The van der Waals surface area contributed by atoms with Crippen LogP contribution in [-0.2, 0) is 4.74 Å². The van der Waals surface area contributed by atoms with E-state index in [4.69, 9.17) is 14.2 Å². The van der Waals surface area contributed by atoms with Crippen LogP contribution in [0.5, 0.6) is 11.5 Å². The Morgan fingerprint density at radius 2 is 1.76 bits per heavy atom. The Balaban J connectivity index is 2.36. The lowest BCUT2D eigenvalue weighted by molar-refractivity contribution is 0.0601. The van der Waals surface area contributed by atoms with Crippen LogP contribution in [0.25, 0.3) is 0 Å². The van der Waals surface area contributed by atoms with Crippen molar-refractivity contribution < 1.29 is 19.0 Å². The van der Waals surface area contributed by atoms with Gasteiger partial charge in [-0.15, -0.1) is 0 Å². The highest BCUT2D eigenvalue weighted by Gasteiger charge is 2.13. The molecule has 1 aromatic carbocycles. The van der Waals surface area contributed by atoms with E-state index < -0.39 is 5.97 Å². The van der Waals surface area contributed by atoms with Crippen molar-refractivity contribution in [2.24, 2.45) is 0 Å². The SMILES string of the molecule is COC(=O)c1cccnc1Nc1cc(OC)cc(OC)c1. The van der Waals surface area contributed by atoms with Gasteiger partial charge in [0.25, 0.3) is 0 Å². The summed E-state index contributed by atoms with van der Waals surface area (Å²) in [6.07, 6.45) is 1.59. The Kier molecular flexibility index (Phi) is 4.61. The molecule has 2 rings (SSSR count). The lowest BCUT2D eigenvalue weighted by Gasteiger charge is -2.12. The number of anilines is 2. The van der Waals surface area contributed by atoms with Gasteiger partial charge in [-0.2, -0.15) is 0 Å². The number of pyridine rings is 1. The van der Waals surface area contributed by atoms with Crippen LogP contribution in [-0.4, -0.2) is 32.3 Å². The number of rotatable bonds is 5. The zero-order valence-corrected chi connectivity index (χ0v) is 12.0. The summed E-state index contributed by atoms with van der Waals surface area (Å²) in [7, 11) is 4.46. The molecule has 0 saturated carbocycles. The fourth-order valence-corrected chi connectivity index (χ4v) is 1.80. The van der Waals surface area contributed by atoms with Crippen LogP contribution in [0.2, 0.25) is 0 Å². The van der Waals surface area contributed by atoms with Crippen LogP contribution in [0.4, 0.5) is 11.5 Å². The minimum Gasteiger partial charge on any atom is -0.497 e.